The molecule has 0 aromatic carbocycles. The standard InChI is InChI=1S/C29H35N5O/c30-29-28-27(20-25(34(28)32-22-31-29)13-9-19-33-17-6-7-18-33)24-12-8-14-26(16-15-24)35-21-23-10-4-2-1-3-5-11-23/h2-5,8,10,12,14-15,20,22H,1,6-7,9,11,13,16-19,21H2,(H2,30,31,32)/b4-2?,5-3-,23-10+. The van der Waals surface area contributed by atoms with Crippen LogP contribution in [0.5, 0.6) is 0 Å². The normalized spacial score (nSPS) is 21.1. The molecule has 2 N–H and O–H groups in total. The number of anilines is 1. The molecule has 3 heterocycles. The minimum Gasteiger partial charge on any atom is -0.493 e. The van der Waals surface area contributed by atoms with Crippen molar-refractivity contribution < 1.29 is 4.74 Å². The molecular formula is C29H35N5O. The van der Waals surface area contributed by atoms with E-state index in [-0.39, 0.29) is 0 Å². The van der Waals surface area contributed by atoms with E-state index in [1.54, 1.807) is 6.33 Å². The van der Waals surface area contributed by atoms with E-state index < -0.39 is 0 Å². The van der Waals surface area contributed by atoms with Crippen LogP contribution in [0.15, 0.2) is 78.4 Å². The van der Waals surface area contributed by atoms with E-state index in [2.05, 4.69) is 75.7 Å². The number of aryl methyl sites for hydroxylation is 1. The molecule has 2 aliphatic carbocycles. The SMILES string of the molecule is Nc1ncnn2c(CCCN3CCCC3)cc(C3=CCC(OC/C4=C/C=CC/C=C\C4)=CC=C3)c12. The molecule has 1 aliphatic heterocycles. The highest BCUT2D eigenvalue weighted by Gasteiger charge is 2.17. The van der Waals surface area contributed by atoms with E-state index in [0.29, 0.717) is 12.4 Å². The molecule has 3 aliphatic rings. The maximum absolute atomic E-state index is 6.34. The maximum Gasteiger partial charge on any atom is 0.151 e. The average molecular weight is 470 g/mol. The summed E-state index contributed by atoms with van der Waals surface area (Å²) in [4.78, 5) is 6.84. The second kappa shape index (κ2) is 11.4. The fraction of sp³-hybridized carbons (Fsp3) is 0.379. The van der Waals surface area contributed by atoms with Gasteiger partial charge >= 0.3 is 0 Å². The Morgan fingerprint density at radius 1 is 1.03 bits per heavy atom. The van der Waals surface area contributed by atoms with Crippen LogP contribution in [0.3, 0.4) is 0 Å². The molecule has 2 aromatic rings. The van der Waals surface area contributed by atoms with Crippen LogP contribution in [0.2, 0.25) is 0 Å². The molecule has 6 nitrogen and oxygen atoms in total. The molecule has 0 radical (unpaired) electrons. The lowest BCUT2D eigenvalue weighted by Crippen LogP contribution is -2.20. The molecule has 5 rings (SSSR count). The summed E-state index contributed by atoms with van der Waals surface area (Å²) < 4.78 is 8.15. The number of hydrogen-bond acceptors (Lipinski definition) is 5. The van der Waals surface area contributed by atoms with Gasteiger partial charge in [-0.2, -0.15) is 5.10 Å². The van der Waals surface area contributed by atoms with Crippen molar-refractivity contribution in [3.8, 4) is 0 Å². The third-order valence-corrected chi connectivity index (χ3v) is 6.88. The zero-order chi connectivity index (χ0) is 23.9. The highest BCUT2D eigenvalue weighted by molar-refractivity contribution is 5.89. The lowest BCUT2D eigenvalue weighted by Gasteiger charge is -2.13. The van der Waals surface area contributed by atoms with Crippen molar-refractivity contribution in [3.05, 3.63) is 89.7 Å². The van der Waals surface area contributed by atoms with Crippen LogP contribution in [0, 0.1) is 0 Å². The van der Waals surface area contributed by atoms with E-state index in [4.69, 9.17) is 10.5 Å². The monoisotopic (exact) mass is 469 g/mol. The Hall–Kier alpha value is -3.38. The zero-order valence-electron chi connectivity index (χ0n) is 20.4. The van der Waals surface area contributed by atoms with Crippen LogP contribution in [-0.2, 0) is 11.2 Å². The topological polar surface area (TPSA) is 68.7 Å². The van der Waals surface area contributed by atoms with E-state index in [1.165, 1.54) is 37.2 Å². The Labute approximate surface area is 207 Å². The Kier molecular flexibility index (Phi) is 7.59. The lowest BCUT2D eigenvalue weighted by molar-refractivity contribution is 0.233. The first-order chi connectivity index (χ1) is 17.3. The number of aromatic nitrogens is 3. The number of nitrogens with two attached hydrogens (primary N) is 1. The summed E-state index contributed by atoms with van der Waals surface area (Å²) in [5, 5.41) is 4.55. The number of ether oxygens (including phenoxy) is 1. The van der Waals surface area contributed by atoms with E-state index in [1.807, 2.05) is 4.52 Å². The number of nitrogen functional groups attached to an aromatic ring is 1. The first-order valence-electron chi connectivity index (χ1n) is 12.8. The summed E-state index contributed by atoms with van der Waals surface area (Å²) in [7, 11) is 0. The van der Waals surface area contributed by atoms with Gasteiger partial charge in [0.05, 0.1) is 0 Å². The first-order valence-corrected chi connectivity index (χ1v) is 12.8. The summed E-state index contributed by atoms with van der Waals surface area (Å²) in [5.74, 6) is 1.48. The first kappa shape index (κ1) is 23.4. The van der Waals surface area contributed by atoms with E-state index in [9.17, 15) is 0 Å². The Morgan fingerprint density at radius 3 is 2.86 bits per heavy atom. The molecule has 0 amide bonds. The summed E-state index contributed by atoms with van der Waals surface area (Å²) in [6.07, 6.45) is 28.3. The van der Waals surface area contributed by atoms with Gasteiger partial charge in [0.2, 0.25) is 0 Å². The van der Waals surface area contributed by atoms with Crippen molar-refractivity contribution in [3.63, 3.8) is 0 Å². The lowest BCUT2D eigenvalue weighted by atomic mass is 10.1. The molecule has 182 valence electrons. The summed E-state index contributed by atoms with van der Waals surface area (Å²) >= 11 is 0. The summed E-state index contributed by atoms with van der Waals surface area (Å²) in [6.45, 7) is 4.21. The summed E-state index contributed by atoms with van der Waals surface area (Å²) in [6, 6.07) is 2.24. The van der Waals surface area contributed by atoms with Crippen LogP contribution in [-0.4, -0.2) is 45.7 Å². The molecule has 35 heavy (non-hydrogen) atoms. The van der Waals surface area contributed by atoms with Crippen molar-refractivity contribution >= 4 is 16.9 Å². The second-order valence-corrected chi connectivity index (χ2v) is 9.42. The molecule has 0 spiro atoms. The molecule has 6 heteroatoms. The maximum atomic E-state index is 6.34. The molecule has 1 saturated heterocycles. The predicted molar refractivity (Wildman–Crippen MR) is 143 cm³/mol. The minimum absolute atomic E-state index is 0.515. The van der Waals surface area contributed by atoms with E-state index in [0.717, 1.165) is 61.1 Å². The largest absolute Gasteiger partial charge is 0.493 e. The zero-order valence-corrected chi connectivity index (χ0v) is 20.4. The van der Waals surface area contributed by atoms with Crippen LogP contribution >= 0.6 is 0 Å². The molecule has 2 aromatic heterocycles. The number of allylic oxidation sites excluding steroid dienone is 10. The van der Waals surface area contributed by atoms with Crippen LogP contribution < -0.4 is 5.73 Å². The fourth-order valence-corrected chi connectivity index (χ4v) is 4.99. The van der Waals surface area contributed by atoms with Gasteiger partial charge in [-0.25, -0.2) is 9.50 Å². The average Bonchev–Trinajstić information content (AvgIpc) is 3.42. The smallest absolute Gasteiger partial charge is 0.151 e. The Bertz CT molecular complexity index is 1220. The summed E-state index contributed by atoms with van der Waals surface area (Å²) in [5.41, 5.74) is 11.9. The van der Waals surface area contributed by atoms with Crippen LogP contribution in [0.25, 0.3) is 11.1 Å². The third kappa shape index (κ3) is 5.82. The van der Waals surface area contributed by atoms with E-state index >= 15 is 0 Å². The fourth-order valence-electron chi connectivity index (χ4n) is 4.99. The van der Waals surface area contributed by atoms with Gasteiger partial charge in [0.15, 0.2) is 5.82 Å². The van der Waals surface area contributed by atoms with Gasteiger partial charge in [-0.05, 0) is 81.4 Å². The van der Waals surface area contributed by atoms with Crippen molar-refractivity contribution in [1.82, 2.24) is 19.5 Å². The van der Waals surface area contributed by atoms with Crippen LogP contribution in [0.4, 0.5) is 5.82 Å². The number of nitrogens with zero attached hydrogens (tertiary/aromatic N) is 4. The van der Waals surface area contributed by atoms with Crippen molar-refractivity contribution in [2.45, 2.75) is 44.9 Å². The highest BCUT2D eigenvalue weighted by Crippen LogP contribution is 2.30. The van der Waals surface area contributed by atoms with Gasteiger partial charge in [0.1, 0.15) is 24.2 Å². The van der Waals surface area contributed by atoms with Crippen molar-refractivity contribution in [1.29, 1.82) is 0 Å². The van der Waals surface area contributed by atoms with Gasteiger partial charge in [-0.3, -0.25) is 0 Å². The van der Waals surface area contributed by atoms with Gasteiger partial charge in [0, 0.05) is 17.7 Å². The number of likely N-dealkylation sites (tertiary alicyclic amines) is 1. The van der Waals surface area contributed by atoms with Gasteiger partial charge in [-0.1, -0.05) is 48.6 Å². The predicted octanol–water partition coefficient (Wildman–Crippen LogP) is 5.42. The van der Waals surface area contributed by atoms with Crippen molar-refractivity contribution in [2.75, 3.05) is 32.0 Å². The van der Waals surface area contributed by atoms with Crippen molar-refractivity contribution in [2.24, 2.45) is 0 Å². The highest BCUT2D eigenvalue weighted by atomic mass is 16.5. The minimum atomic E-state index is 0.515. The number of hydrogen-bond donors (Lipinski definition) is 1. The second-order valence-electron chi connectivity index (χ2n) is 9.42. The Balaban J connectivity index is 1.29. The third-order valence-electron chi connectivity index (χ3n) is 6.88. The molecule has 0 bridgehead atoms. The Morgan fingerprint density at radius 2 is 1.94 bits per heavy atom. The molecule has 0 saturated carbocycles. The quantitative estimate of drug-likeness (QED) is 0.523. The number of fused-ring (bicyclic) bond motifs is 1. The van der Waals surface area contributed by atoms with Gasteiger partial charge in [0.25, 0.3) is 0 Å². The molecular weight excluding hydrogens is 434 g/mol. The number of rotatable bonds is 8. The van der Waals surface area contributed by atoms with Gasteiger partial charge in [-0.15, -0.1) is 0 Å². The molecule has 0 atom stereocenters. The molecule has 0 unspecified atom stereocenters. The molecule has 1 fully saturated rings. The van der Waals surface area contributed by atoms with Gasteiger partial charge < -0.3 is 15.4 Å². The van der Waals surface area contributed by atoms with Crippen LogP contribution in [0.1, 0.15) is 49.8 Å².